The monoisotopic (exact) mass is 328 g/mol. The first-order chi connectivity index (χ1) is 8.56. The summed E-state index contributed by atoms with van der Waals surface area (Å²) in [5.41, 5.74) is 2.67. The summed E-state index contributed by atoms with van der Waals surface area (Å²) in [5, 5.41) is 3.65. The standard InChI is InChI=1S/C13H11BrClFN2/c1-8-12(4-5-13(14)18-8)17-7-9-2-3-10(16)6-11(9)15/h2-6,17H,7H2,1H3. The van der Waals surface area contributed by atoms with Crippen molar-refractivity contribution in [1.82, 2.24) is 4.98 Å². The third-order valence-corrected chi connectivity index (χ3v) is 3.33. The molecule has 18 heavy (non-hydrogen) atoms. The van der Waals surface area contributed by atoms with Gasteiger partial charge in [0.05, 0.1) is 11.4 Å². The lowest BCUT2D eigenvalue weighted by molar-refractivity contribution is 0.627. The minimum absolute atomic E-state index is 0.328. The van der Waals surface area contributed by atoms with Crippen molar-refractivity contribution in [1.29, 1.82) is 0 Å². The van der Waals surface area contributed by atoms with Crippen LogP contribution in [0.2, 0.25) is 5.02 Å². The molecule has 0 saturated heterocycles. The van der Waals surface area contributed by atoms with Crippen LogP contribution in [0, 0.1) is 12.7 Å². The van der Waals surface area contributed by atoms with Gasteiger partial charge in [0.25, 0.3) is 0 Å². The molecule has 1 heterocycles. The van der Waals surface area contributed by atoms with E-state index in [1.54, 1.807) is 6.07 Å². The zero-order valence-corrected chi connectivity index (χ0v) is 12.0. The third-order valence-electron chi connectivity index (χ3n) is 2.54. The first-order valence-corrected chi connectivity index (χ1v) is 6.54. The van der Waals surface area contributed by atoms with Crippen molar-refractivity contribution in [2.45, 2.75) is 13.5 Å². The van der Waals surface area contributed by atoms with Crippen molar-refractivity contribution in [2.24, 2.45) is 0 Å². The number of hydrogen-bond acceptors (Lipinski definition) is 2. The smallest absolute Gasteiger partial charge is 0.124 e. The summed E-state index contributed by atoms with van der Waals surface area (Å²) < 4.78 is 13.7. The van der Waals surface area contributed by atoms with Crippen LogP contribution in [0.15, 0.2) is 34.9 Å². The predicted molar refractivity (Wildman–Crippen MR) is 75.4 cm³/mol. The quantitative estimate of drug-likeness (QED) is 0.835. The van der Waals surface area contributed by atoms with Crippen molar-refractivity contribution in [3.8, 4) is 0 Å². The molecular formula is C13H11BrClFN2. The Labute approximate surface area is 118 Å². The van der Waals surface area contributed by atoms with E-state index in [4.69, 9.17) is 11.6 Å². The maximum absolute atomic E-state index is 12.9. The molecule has 1 N–H and O–H groups in total. The Morgan fingerprint density at radius 1 is 1.33 bits per heavy atom. The molecule has 0 spiro atoms. The second-order valence-corrected chi connectivity index (χ2v) is 5.08. The number of nitrogens with zero attached hydrogens (tertiary/aromatic N) is 1. The van der Waals surface area contributed by atoms with Crippen LogP contribution in [0.1, 0.15) is 11.3 Å². The molecule has 0 aliphatic heterocycles. The van der Waals surface area contributed by atoms with E-state index in [1.165, 1.54) is 12.1 Å². The molecule has 1 aromatic carbocycles. The molecule has 2 rings (SSSR count). The van der Waals surface area contributed by atoms with Crippen LogP contribution in [-0.2, 0) is 6.54 Å². The highest BCUT2D eigenvalue weighted by molar-refractivity contribution is 9.10. The predicted octanol–water partition coefficient (Wildman–Crippen LogP) is 4.56. The zero-order chi connectivity index (χ0) is 13.1. The summed E-state index contributed by atoms with van der Waals surface area (Å²) in [5.74, 6) is -0.328. The van der Waals surface area contributed by atoms with Crippen molar-refractivity contribution in [3.05, 3.63) is 57.0 Å². The summed E-state index contributed by atoms with van der Waals surface area (Å²) in [7, 11) is 0. The van der Waals surface area contributed by atoms with Crippen LogP contribution < -0.4 is 5.32 Å². The molecule has 0 saturated carbocycles. The number of benzene rings is 1. The van der Waals surface area contributed by atoms with Crippen LogP contribution in [0.4, 0.5) is 10.1 Å². The molecule has 0 atom stereocenters. The highest BCUT2D eigenvalue weighted by Crippen LogP contribution is 2.20. The zero-order valence-electron chi connectivity index (χ0n) is 9.67. The van der Waals surface area contributed by atoms with Gasteiger partial charge in [0.1, 0.15) is 10.4 Å². The lowest BCUT2D eigenvalue weighted by Crippen LogP contribution is -2.03. The van der Waals surface area contributed by atoms with E-state index in [1.807, 2.05) is 19.1 Å². The van der Waals surface area contributed by atoms with Crippen LogP contribution in [-0.4, -0.2) is 4.98 Å². The maximum Gasteiger partial charge on any atom is 0.124 e. The normalized spacial score (nSPS) is 10.4. The van der Waals surface area contributed by atoms with Gasteiger partial charge in [-0.05, 0) is 52.7 Å². The second-order valence-electron chi connectivity index (χ2n) is 3.86. The molecule has 0 radical (unpaired) electrons. The van der Waals surface area contributed by atoms with Crippen LogP contribution >= 0.6 is 27.5 Å². The summed E-state index contributed by atoms with van der Waals surface area (Å²) in [6.45, 7) is 2.45. The fourth-order valence-electron chi connectivity index (χ4n) is 1.57. The van der Waals surface area contributed by atoms with Crippen LogP contribution in [0.3, 0.4) is 0 Å². The van der Waals surface area contributed by atoms with Gasteiger partial charge < -0.3 is 5.32 Å². The fraction of sp³-hybridized carbons (Fsp3) is 0.154. The number of anilines is 1. The van der Waals surface area contributed by atoms with Gasteiger partial charge in [0, 0.05) is 11.6 Å². The topological polar surface area (TPSA) is 24.9 Å². The van der Waals surface area contributed by atoms with E-state index in [9.17, 15) is 4.39 Å². The summed E-state index contributed by atoms with van der Waals surface area (Å²) in [6, 6.07) is 8.18. The Balaban J connectivity index is 2.11. The number of hydrogen-bond donors (Lipinski definition) is 1. The van der Waals surface area contributed by atoms with E-state index in [2.05, 4.69) is 26.2 Å². The van der Waals surface area contributed by atoms with Crippen molar-refractivity contribution in [2.75, 3.05) is 5.32 Å². The molecule has 0 aliphatic rings. The fourth-order valence-corrected chi connectivity index (χ4v) is 2.20. The molecule has 0 bridgehead atoms. The van der Waals surface area contributed by atoms with Crippen LogP contribution in [0.25, 0.3) is 0 Å². The molecule has 0 unspecified atom stereocenters. The molecule has 1 aromatic heterocycles. The number of aryl methyl sites for hydroxylation is 1. The number of rotatable bonds is 3. The second kappa shape index (κ2) is 5.67. The van der Waals surface area contributed by atoms with E-state index < -0.39 is 0 Å². The molecule has 0 fully saturated rings. The molecule has 94 valence electrons. The lowest BCUT2D eigenvalue weighted by atomic mass is 10.2. The maximum atomic E-state index is 12.9. The van der Waals surface area contributed by atoms with Crippen molar-refractivity contribution >= 4 is 33.2 Å². The molecule has 2 aromatic rings. The highest BCUT2D eigenvalue weighted by atomic mass is 79.9. The Kier molecular flexibility index (Phi) is 4.19. The number of halogens is 3. The van der Waals surface area contributed by atoms with Gasteiger partial charge in [0.2, 0.25) is 0 Å². The first-order valence-electron chi connectivity index (χ1n) is 5.37. The van der Waals surface area contributed by atoms with E-state index in [-0.39, 0.29) is 5.82 Å². The summed E-state index contributed by atoms with van der Waals surface area (Å²) in [6.07, 6.45) is 0. The van der Waals surface area contributed by atoms with Crippen molar-refractivity contribution in [3.63, 3.8) is 0 Å². The van der Waals surface area contributed by atoms with Gasteiger partial charge >= 0.3 is 0 Å². The van der Waals surface area contributed by atoms with E-state index in [0.717, 1.165) is 21.5 Å². The first kappa shape index (κ1) is 13.3. The highest BCUT2D eigenvalue weighted by Gasteiger charge is 2.04. The Morgan fingerprint density at radius 2 is 2.11 bits per heavy atom. The lowest BCUT2D eigenvalue weighted by Gasteiger charge is -2.10. The van der Waals surface area contributed by atoms with Gasteiger partial charge in [-0.2, -0.15) is 0 Å². The van der Waals surface area contributed by atoms with Gasteiger partial charge in [-0.3, -0.25) is 0 Å². The molecule has 0 aliphatic carbocycles. The van der Waals surface area contributed by atoms with Crippen LogP contribution in [0.5, 0.6) is 0 Å². The number of aromatic nitrogens is 1. The van der Waals surface area contributed by atoms with Gasteiger partial charge in [-0.25, -0.2) is 9.37 Å². The summed E-state index contributed by atoms with van der Waals surface area (Å²) >= 11 is 9.27. The average Bonchev–Trinajstić information content (AvgIpc) is 2.30. The molecule has 0 amide bonds. The van der Waals surface area contributed by atoms with E-state index >= 15 is 0 Å². The summed E-state index contributed by atoms with van der Waals surface area (Å²) in [4.78, 5) is 4.28. The SMILES string of the molecule is Cc1nc(Br)ccc1NCc1ccc(F)cc1Cl. The number of pyridine rings is 1. The third kappa shape index (κ3) is 3.21. The molecular weight excluding hydrogens is 319 g/mol. The molecule has 5 heteroatoms. The largest absolute Gasteiger partial charge is 0.379 e. The number of nitrogens with one attached hydrogen (secondary N) is 1. The minimum Gasteiger partial charge on any atom is -0.379 e. The van der Waals surface area contributed by atoms with Crippen molar-refractivity contribution < 1.29 is 4.39 Å². The van der Waals surface area contributed by atoms with Gasteiger partial charge in [0.15, 0.2) is 0 Å². The van der Waals surface area contributed by atoms with E-state index in [0.29, 0.717) is 11.6 Å². The average molecular weight is 330 g/mol. The van der Waals surface area contributed by atoms with Gasteiger partial charge in [-0.15, -0.1) is 0 Å². The Morgan fingerprint density at radius 3 is 2.78 bits per heavy atom. The Bertz CT molecular complexity index is 523. The Hall–Kier alpha value is -1.13. The van der Waals surface area contributed by atoms with Gasteiger partial charge in [-0.1, -0.05) is 17.7 Å². The molecule has 2 nitrogen and oxygen atoms in total. The minimum atomic E-state index is -0.328.